The first-order chi connectivity index (χ1) is 11.3. The van der Waals surface area contributed by atoms with Gasteiger partial charge < -0.3 is 14.8 Å². The van der Waals surface area contributed by atoms with Crippen LogP contribution >= 0.6 is 0 Å². The topological polar surface area (TPSA) is 30.5 Å². The van der Waals surface area contributed by atoms with Gasteiger partial charge in [0.25, 0.3) is 0 Å². The fourth-order valence-corrected chi connectivity index (χ4v) is 2.57. The molecule has 0 radical (unpaired) electrons. The standard InChI is InChI=1S/C20H27NO2/c1-4-13-21-18(5-2)17-11-12-19(20(14-17)22-3)23-15-16-9-7-6-8-10-16/h6-12,14,18,21H,4-5,13,15H2,1-3H3/t18-/m1/s1. The summed E-state index contributed by atoms with van der Waals surface area (Å²) >= 11 is 0. The van der Waals surface area contributed by atoms with Crippen LogP contribution in [0.25, 0.3) is 0 Å². The number of nitrogens with one attached hydrogen (secondary N) is 1. The van der Waals surface area contributed by atoms with Crippen molar-refractivity contribution in [3.63, 3.8) is 0 Å². The van der Waals surface area contributed by atoms with E-state index in [9.17, 15) is 0 Å². The van der Waals surface area contributed by atoms with E-state index in [0.717, 1.165) is 36.4 Å². The molecule has 0 aliphatic heterocycles. The predicted molar refractivity (Wildman–Crippen MR) is 95.1 cm³/mol. The highest BCUT2D eigenvalue weighted by Crippen LogP contribution is 2.31. The summed E-state index contributed by atoms with van der Waals surface area (Å²) in [5.74, 6) is 1.57. The van der Waals surface area contributed by atoms with Gasteiger partial charge in [-0.25, -0.2) is 0 Å². The number of rotatable bonds is 9. The zero-order chi connectivity index (χ0) is 16.5. The van der Waals surface area contributed by atoms with Crippen molar-refractivity contribution in [1.29, 1.82) is 0 Å². The third-order valence-electron chi connectivity index (χ3n) is 3.88. The molecule has 0 aliphatic rings. The summed E-state index contributed by atoms with van der Waals surface area (Å²) in [4.78, 5) is 0. The smallest absolute Gasteiger partial charge is 0.161 e. The Morgan fingerprint density at radius 1 is 1.00 bits per heavy atom. The number of hydrogen-bond donors (Lipinski definition) is 1. The molecule has 0 aromatic heterocycles. The molecule has 23 heavy (non-hydrogen) atoms. The summed E-state index contributed by atoms with van der Waals surface area (Å²) in [6.07, 6.45) is 2.18. The van der Waals surface area contributed by atoms with Gasteiger partial charge in [0.15, 0.2) is 11.5 Å². The molecule has 0 saturated heterocycles. The first kappa shape index (κ1) is 17.4. The zero-order valence-electron chi connectivity index (χ0n) is 14.3. The van der Waals surface area contributed by atoms with Gasteiger partial charge >= 0.3 is 0 Å². The van der Waals surface area contributed by atoms with E-state index in [1.165, 1.54) is 5.56 Å². The summed E-state index contributed by atoms with van der Waals surface area (Å²) < 4.78 is 11.4. The minimum absolute atomic E-state index is 0.354. The monoisotopic (exact) mass is 313 g/mol. The van der Waals surface area contributed by atoms with Crippen molar-refractivity contribution in [1.82, 2.24) is 5.32 Å². The summed E-state index contributed by atoms with van der Waals surface area (Å²) in [6.45, 7) is 5.94. The van der Waals surface area contributed by atoms with E-state index >= 15 is 0 Å². The van der Waals surface area contributed by atoms with Gasteiger partial charge in [-0.2, -0.15) is 0 Å². The Morgan fingerprint density at radius 3 is 2.43 bits per heavy atom. The van der Waals surface area contributed by atoms with E-state index in [2.05, 4.69) is 43.4 Å². The quantitative estimate of drug-likeness (QED) is 0.726. The molecule has 1 atom stereocenters. The van der Waals surface area contributed by atoms with Gasteiger partial charge in [-0.1, -0.05) is 50.2 Å². The summed E-state index contributed by atoms with van der Waals surface area (Å²) in [7, 11) is 1.69. The lowest BCUT2D eigenvalue weighted by Gasteiger charge is -2.19. The molecule has 0 unspecified atom stereocenters. The van der Waals surface area contributed by atoms with Crippen LogP contribution in [0.15, 0.2) is 48.5 Å². The highest BCUT2D eigenvalue weighted by atomic mass is 16.5. The highest BCUT2D eigenvalue weighted by Gasteiger charge is 2.12. The van der Waals surface area contributed by atoms with Crippen molar-refractivity contribution in [2.24, 2.45) is 0 Å². The van der Waals surface area contributed by atoms with Crippen LogP contribution < -0.4 is 14.8 Å². The number of ether oxygens (including phenoxy) is 2. The van der Waals surface area contributed by atoms with Crippen molar-refractivity contribution in [2.45, 2.75) is 39.3 Å². The Kier molecular flexibility index (Phi) is 6.95. The predicted octanol–water partition coefficient (Wildman–Crippen LogP) is 4.72. The first-order valence-corrected chi connectivity index (χ1v) is 8.36. The fourth-order valence-electron chi connectivity index (χ4n) is 2.57. The maximum atomic E-state index is 5.92. The molecule has 3 heteroatoms. The maximum absolute atomic E-state index is 5.92. The minimum Gasteiger partial charge on any atom is -0.493 e. The highest BCUT2D eigenvalue weighted by molar-refractivity contribution is 5.44. The molecule has 0 heterocycles. The average Bonchev–Trinajstić information content (AvgIpc) is 2.61. The second kappa shape index (κ2) is 9.21. The Balaban J connectivity index is 2.09. The van der Waals surface area contributed by atoms with Crippen LogP contribution in [0.5, 0.6) is 11.5 Å². The van der Waals surface area contributed by atoms with Gasteiger partial charge in [-0.3, -0.25) is 0 Å². The molecule has 0 bridgehead atoms. The van der Waals surface area contributed by atoms with E-state index in [-0.39, 0.29) is 0 Å². The second-order valence-corrected chi connectivity index (χ2v) is 5.60. The molecule has 0 aliphatic carbocycles. The average molecular weight is 313 g/mol. The molecule has 0 fully saturated rings. The maximum Gasteiger partial charge on any atom is 0.161 e. The Labute approximate surface area is 139 Å². The van der Waals surface area contributed by atoms with Gasteiger partial charge in [0.2, 0.25) is 0 Å². The van der Waals surface area contributed by atoms with Gasteiger partial charge in [0.1, 0.15) is 6.61 Å². The number of benzene rings is 2. The number of hydrogen-bond acceptors (Lipinski definition) is 3. The van der Waals surface area contributed by atoms with Crippen LogP contribution in [0.3, 0.4) is 0 Å². The van der Waals surface area contributed by atoms with Crippen LogP contribution in [0.1, 0.15) is 43.9 Å². The molecule has 0 amide bonds. The van der Waals surface area contributed by atoms with Crippen molar-refractivity contribution in [3.8, 4) is 11.5 Å². The van der Waals surface area contributed by atoms with Gasteiger partial charge in [-0.15, -0.1) is 0 Å². The molecule has 2 aromatic rings. The Bertz CT molecular complexity index is 583. The molecule has 0 spiro atoms. The lowest BCUT2D eigenvalue weighted by Crippen LogP contribution is -2.21. The van der Waals surface area contributed by atoms with Crippen LogP contribution in [-0.4, -0.2) is 13.7 Å². The summed E-state index contributed by atoms with van der Waals surface area (Å²) in [5, 5.41) is 3.57. The molecule has 1 N–H and O–H groups in total. The Morgan fingerprint density at radius 2 is 1.78 bits per heavy atom. The van der Waals surface area contributed by atoms with E-state index in [0.29, 0.717) is 12.6 Å². The van der Waals surface area contributed by atoms with Crippen molar-refractivity contribution >= 4 is 0 Å². The molecule has 2 rings (SSSR count). The van der Waals surface area contributed by atoms with E-state index in [1.807, 2.05) is 24.3 Å². The van der Waals surface area contributed by atoms with Crippen LogP contribution in [0.2, 0.25) is 0 Å². The SMILES string of the molecule is CCCN[C@H](CC)c1ccc(OCc2ccccc2)c(OC)c1. The van der Waals surface area contributed by atoms with Gasteiger partial charge in [-0.05, 0) is 42.6 Å². The molecular formula is C20H27NO2. The second-order valence-electron chi connectivity index (χ2n) is 5.60. The van der Waals surface area contributed by atoms with Crippen LogP contribution in [-0.2, 0) is 6.61 Å². The van der Waals surface area contributed by atoms with Crippen molar-refractivity contribution < 1.29 is 9.47 Å². The lowest BCUT2D eigenvalue weighted by molar-refractivity contribution is 0.284. The third kappa shape index (κ3) is 5.00. The fraction of sp³-hybridized carbons (Fsp3) is 0.400. The van der Waals surface area contributed by atoms with E-state index in [4.69, 9.17) is 9.47 Å². The summed E-state index contributed by atoms with van der Waals surface area (Å²) in [6, 6.07) is 16.7. The molecule has 0 saturated carbocycles. The minimum atomic E-state index is 0.354. The molecule has 124 valence electrons. The molecule has 2 aromatic carbocycles. The van der Waals surface area contributed by atoms with Crippen LogP contribution in [0.4, 0.5) is 0 Å². The largest absolute Gasteiger partial charge is 0.493 e. The molecular weight excluding hydrogens is 286 g/mol. The third-order valence-corrected chi connectivity index (χ3v) is 3.88. The van der Waals surface area contributed by atoms with Crippen molar-refractivity contribution in [2.75, 3.05) is 13.7 Å². The van der Waals surface area contributed by atoms with Crippen LogP contribution in [0, 0.1) is 0 Å². The summed E-state index contributed by atoms with van der Waals surface area (Å²) in [5.41, 5.74) is 2.39. The van der Waals surface area contributed by atoms with Crippen molar-refractivity contribution in [3.05, 3.63) is 59.7 Å². The molecule has 3 nitrogen and oxygen atoms in total. The lowest BCUT2D eigenvalue weighted by atomic mass is 10.0. The zero-order valence-corrected chi connectivity index (χ0v) is 14.3. The van der Waals surface area contributed by atoms with E-state index in [1.54, 1.807) is 7.11 Å². The first-order valence-electron chi connectivity index (χ1n) is 8.36. The van der Waals surface area contributed by atoms with Gasteiger partial charge in [0, 0.05) is 6.04 Å². The normalized spacial score (nSPS) is 12.0. The van der Waals surface area contributed by atoms with Gasteiger partial charge in [0.05, 0.1) is 7.11 Å². The number of methoxy groups -OCH3 is 1. The Hall–Kier alpha value is -2.00. The van der Waals surface area contributed by atoms with E-state index < -0.39 is 0 Å².